The summed E-state index contributed by atoms with van der Waals surface area (Å²) in [6.07, 6.45) is 1.23. The van der Waals surface area contributed by atoms with Gasteiger partial charge in [-0.15, -0.1) is 0 Å². The Labute approximate surface area is 154 Å². The molecule has 0 spiro atoms. The lowest BCUT2D eigenvalue weighted by Crippen LogP contribution is -2.24. The minimum atomic E-state index is -1.16. The first-order valence-electron chi connectivity index (χ1n) is 8.06. The molecule has 0 aliphatic carbocycles. The van der Waals surface area contributed by atoms with Crippen LogP contribution in [0.3, 0.4) is 0 Å². The number of furan rings is 1. The molecular weight excluding hydrogens is 348 g/mol. The fraction of sp³-hybridized carbons (Fsp3) is 0.0500. The number of hydrogen-bond acceptors (Lipinski definition) is 5. The molecule has 136 valence electrons. The zero-order chi connectivity index (χ0) is 19.2. The van der Waals surface area contributed by atoms with Crippen LogP contribution in [0.5, 0.6) is 0 Å². The lowest BCUT2D eigenvalue weighted by Gasteiger charge is -2.08. The molecule has 0 fully saturated rings. The van der Waals surface area contributed by atoms with Crippen LogP contribution in [-0.4, -0.2) is 17.8 Å². The molecule has 27 heavy (non-hydrogen) atoms. The maximum Gasteiger partial charge on any atom is 0.291 e. The highest BCUT2D eigenvalue weighted by Gasteiger charge is 2.10. The van der Waals surface area contributed by atoms with Crippen LogP contribution >= 0.6 is 0 Å². The standard InChI is InChI=1S/C20H16N2O5/c23-18(24)12-13-3-7-15(8-4-13)21-19(25)14-5-9-16(10-6-14)22-20(26)17-2-1-11-27-17/h1-11H,12H2,(H,21,25)(H,22,26)(H,23,24)/p-1. The van der Waals surface area contributed by atoms with Crippen molar-refractivity contribution in [1.82, 2.24) is 0 Å². The normalized spacial score (nSPS) is 10.2. The third kappa shape index (κ3) is 4.82. The maximum atomic E-state index is 12.3. The van der Waals surface area contributed by atoms with Crippen LogP contribution in [0.4, 0.5) is 11.4 Å². The van der Waals surface area contributed by atoms with Gasteiger partial charge in [0.1, 0.15) is 0 Å². The van der Waals surface area contributed by atoms with Gasteiger partial charge in [-0.2, -0.15) is 0 Å². The van der Waals surface area contributed by atoms with Crippen LogP contribution in [0.15, 0.2) is 71.3 Å². The van der Waals surface area contributed by atoms with Crippen LogP contribution in [-0.2, 0) is 11.2 Å². The molecule has 0 saturated heterocycles. The summed E-state index contributed by atoms with van der Waals surface area (Å²) in [6, 6.07) is 16.0. The summed E-state index contributed by atoms with van der Waals surface area (Å²) in [5, 5.41) is 15.9. The lowest BCUT2D eigenvalue weighted by atomic mass is 10.1. The van der Waals surface area contributed by atoms with E-state index in [-0.39, 0.29) is 24.0 Å². The van der Waals surface area contributed by atoms with E-state index in [9.17, 15) is 19.5 Å². The smallest absolute Gasteiger partial charge is 0.291 e. The Kier molecular flexibility index (Phi) is 5.32. The van der Waals surface area contributed by atoms with E-state index >= 15 is 0 Å². The van der Waals surface area contributed by atoms with Crippen molar-refractivity contribution < 1.29 is 23.9 Å². The van der Waals surface area contributed by atoms with Crippen molar-refractivity contribution in [3.8, 4) is 0 Å². The Bertz CT molecular complexity index is 945. The van der Waals surface area contributed by atoms with E-state index < -0.39 is 5.97 Å². The van der Waals surface area contributed by atoms with Crippen LogP contribution < -0.4 is 15.7 Å². The predicted molar refractivity (Wildman–Crippen MR) is 96.2 cm³/mol. The van der Waals surface area contributed by atoms with E-state index in [1.165, 1.54) is 6.26 Å². The molecule has 3 rings (SSSR count). The number of anilines is 2. The van der Waals surface area contributed by atoms with Gasteiger partial charge in [0.25, 0.3) is 11.8 Å². The summed E-state index contributed by atoms with van der Waals surface area (Å²) < 4.78 is 5.01. The van der Waals surface area contributed by atoms with E-state index in [0.717, 1.165) is 0 Å². The Morgan fingerprint density at radius 3 is 1.96 bits per heavy atom. The molecule has 0 aliphatic heterocycles. The number of carboxylic acid groups (broad SMARTS) is 1. The molecule has 2 amide bonds. The second-order valence-corrected chi connectivity index (χ2v) is 5.71. The number of carbonyl (C=O) groups is 3. The van der Waals surface area contributed by atoms with Gasteiger partial charge < -0.3 is 25.0 Å². The average molecular weight is 363 g/mol. The van der Waals surface area contributed by atoms with Crippen molar-refractivity contribution >= 4 is 29.2 Å². The molecule has 7 nitrogen and oxygen atoms in total. The first kappa shape index (κ1) is 17.9. The number of carbonyl (C=O) groups excluding carboxylic acids is 3. The van der Waals surface area contributed by atoms with Crippen molar-refractivity contribution in [2.45, 2.75) is 6.42 Å². The van der Waals surface area contributed by atoms with Crippen molar-refractivity contribution in [3.63, 3.8) is 0 Å². The Morgan fingerprint density at radius 1 is 0.815 bits per heavy atom. The quantitative estimate of drug-likeness (QED) is 0.696. The SMILES string of the molecule is O=C([O-])Cc1ccc(NC(=O)c2ccc(NC(=O)c3ccco3)cc2)cc1. The molecule has 2 aromatic carbocycles. The van der Waals surface area contributed by atoms with Gasteiger partial charge in [0, 0.05) is 29.3 Å². The van der Waals surface area contributed by atoms with Gasteiger partial charge >= 0.3 is 0 Å². The molecule has 0 bridgehead atoms. The molecule has 0 saturated carbocycles. The predicted octanol–water partition coefficient (Wildman–Crippen LogP) is 2.08. The first-order chi connectivity index (χ1) is 13.0. The van der Waals surface area contributed by atoms with Crippen molar-refractivity contribution in [2.24, 2.45) is 0 Å². The van der Waals surface area contributed by atoms with Crippen molar-refractivity contribution in [2.75, 3.05) is 10.6 Å². The molecule has 1 aromatic heterocycles. The van der Waals surface area contributed by atoms with Gasteiger partial charge in [-0.05, 0) is 54.1 Å². The summed E-state index contributed by atoms with van der Waals surface area (Å²) in [5.41, 5.74) is 2.06. The van der Waals surface area contributed by atoms with Gasteiger partial charge in [0.15, 0.2) is 5.76 Å². The van der Waals surface area contributed by atoms with Crippen LogP contribution in [0.1, 0.15) is 26.5 Å². The molecule has 0 atom stereocenters. The molecule has 2 N–H and O–H groups in total. The summed E-state index contributed by atoms with van der Waals surface area (Å²) in [4.78, 5) is 34.7. The third-order valence-corrected chi connectivity index (χ3v) is 3.71. The summed E-state index contributed by atoms with van der Waals surface area (Å²) in [7, 11) is 0. The number of hydrogen-bond donors (Lipinski definition) is 2. The van der Waals surface area contributed by atoms with E-state index in [2.05, 4.69) is 10.6 Å². The monoisotopic (exact) mass is 363 g/mol. The topological polar surface area (TPSA) is 111 Å². The lowest BCUT2D eigenvalue weighted by molar-refractivity contribution is -0.304. The van der Waals surface area contributed by atoms with Crippen LogP contribution in [0, 0.1) is 0 Å². The summed E-state index contributed by atoms with van der Waals surface area (Å²) in [6.45, 7) is 0. The maximum absolute atomic E-state index is 12.3. The fourth-order valence-electron chi connectivity index (χ4n) is 2.38. The average Bonchev–Trinajstić information content (AvgIpc) is 3.18. The molecule has 7 heteroatoms. The largest absolute Gasteiger partial charge is 0.550 e. The first-order valence-corrected chi connectivity index (χ1v) is 8.06. The molecule has 1 heterocycles. The molecule has 0 unspecified atom stereocenters. The summed E-state index contributed by atoms with van der Waals surface area (Å²) >= 11 is 0. The Hall–Kier alpha value is -3.87. The van der Waals surface area contributed by atoms with Gasteiger partial charge in [-0.1, -0.05) is 12.1 Å². The highest BCUT2D eigenvalue weighted by Crippen LogP contribution is 2.15. The number of rotatable bonds is 6. The van der Waals surface area contributed by atoms with E-state index in [4.69, 9.17) is 4.42 Å². The molecular formula is C20H15N2O5-. The molecule has 0 aliphatic rings. The number of nitrogens with one attached hydrogen (secondary N) is 2. The Morgan fingerprint density at radius 2 is 1.41 bits per heavy atom. The van der Waals surface area contributed by atoms with Gasteiger partial charge in [0.05, 0.1) is 6.26 Å². The minimum Gasteiger partial charge on any atom is -0.550 e. The third-order valence-electron chi connectivity index (χ3n) is 3.71. The van der Waals surface area contributed by atoms with Crippen molar-refractivity contribution in [1.29, 1.82) is 0 Å². The zero-order valence-corrected chi connectivity index (χ0v) is 14.1. The van der Waals surface area contributed by atoms with Gasteiger partial charge in [-0.25, -0.2) is 0 Å². The highest BCUT2D eigenvalue weighted by molar-refractivity contribution is 6.05. The van der Waals surface area contributed by atoms with E-state index in [1.807, 2.05) is 0 Å². The van der Waals surface area contributed by atoms with E-state index in [0.29, 0.717) is 22.5 Å². The number of benzene rings is 2. The van der Waals surface area contributed by atoms with E-state index in [1.54, 1.807) is 60.7 Å². The molecule has 3 aromatic rings. The number of aliphatic carboxylic acids is 1. The second-order valence-electron chi connectivity index (χ2n) is 5.71. The fourth-order valence-corrected chi connectivity index (χ4v) is 2.38. The number of amides is 2. The minimum absolute atomic E-state index is 0.181. The summed E-state index contributed by atoms with van der Waals surface area (Å²) in [5.74, 6) is -1.68. The second kappa shape index (κ2) is 8.01. The zero-order valence-electron chi connectivity index (χ0n) is 14.1. The van der Waals surface area contributed by atoms with Gasteiger partial charge in [0.2, 0.25) is 0 Å². The van der Waals surface area contributed by atoms with Crippen LogP contribution in [0.2, 0.25) is 0 Å². The Balaban J connectivity index is 1.60. The van der Waals surface area contributed by atoms with Crippen molar-refractivity contribution in [3.05, 3.63) is 83.8 Å². The highest BCUT2D eigenvalue weighted by atomic mass is 16.4. The van der Waals surface area contributed by atoms with Crippen LogP contribution in [0.25, 0.3) is 0 Å². The molecule has 0 radical (unpaired) electrons. The number of carboxylic acids is 1. The van der Waals surface area contributed by atoms with Gasteiger partial charge in [-0.3, -0.25) is 9.59 Å².